The van der Waals surface area contributed by atoms with Crippen LogP contribution in [0, 0.1) is 24.7 Å². The first-order valence-electron chi connectivity index (χ1n) is 24.6. The van der Waals surface area contributed by atoms with E-state index in [0.29, 0.717) is 25.2 Å². The highest BCUT2D eigenvalue weighted by Crippen LogP contribution is 2.47. The summed E-state index contributed by atoms with van der Waals surface area (Å²) in [4.78, 5) is 44.8. The van der Waals surface area contributed by atoms with Gasteiger partial charge in [0.25, 0.3) is 0 Å². The monoisotopic (exact) mass is 880 g/mol. The van der Waals surface area contributed by atoms with Crippen LogP contribution in [0.5, 0.6) is 0 Å². The third kappa shape index (κ3) is 16.0. The Labute approximate surface area is 378 Å². The second-order valence-corrected chi connectivity index (χ2v) is 19.7. The van der Waals surface area contributed by atoms with E-state index in [1.165, 1.54) is 64.2 Å². The Bertz CT molecular complexity index is 1710. The molecule has 11 nitrogen and oxygen atoms in total. The summed E-state index contributed by atoms with van der Waals surface area (Å²) in [6, 6.07) is 0. The van der Waals surface area contributed by atoms with Gasteiger partial charge >= 0.3 is 17.9 Å². The first-order chi connectivity index (χ1) is 30.2. The van der Waals surface area contributed by atoms with Gasteiger partial charge in [0, 0.05) is 39.2 Å². The molecule has 0 N–H and O–H groups in total. The number of carbonyl (C=O) groups excluding carboxylic acids is 3. The molecule has 0 aromatic carbocycles. The fraction of sp³-hybridized carbons (Fsp3) is 0.769. The van der Waals surface area contributed by atoms with Crippen LogP contribution in [0.4, 0.5) is 0 Å². The van der Waals surface area contributed by atoms with Gasteiger partial charge < -0.3 is 32.8 Å². The number of allylic oxidation sites excluding steroid dienone is 4. The number of aryl methyl sites for hydroxylation is 1. The van der Waals surface area contributed by atoms with E-state index >= 15 is 0 Å². The standard InChI is InChI=1S/C52H81NO10/c1-10-11-12-13-14-15-16-17-18-19-20-21-22-23-47(54)62-46-32-43(38(6)49(57-9)37(5)27-34(2)26-35(3)28-41-33-58-39(7)53-41)61-51(56)50-44(60-50)30-40-29-42(59-48(55)31-40)36(4)24-25-45-52(46,8)63-45/h26-28,33,36,38,40,42-46,49-50H,10-25,29-32H2,1-9H3/b34-26+,35-28+,37-27+. The zero-order valence-electron chi connectivity index (χ0n) is 40.3. The van der Waals surface area contributed by atoms with E-state index in [9.17, 15) is 14.4 Å². The molecule has 11 unspecified atom stereocenters. The molecule has 0 spiro atoms. The van der Waals surface area contributed by atoms with Crippen LogP contribution in [0.2, 0.25) is 0 Å². The number of ether oxygens (including phenoxy) is 6. The van der Waals surface area contributed by atoms with Gasteiger partial charge in [-0.3, -0.25) is 9.59 Å². The molecule has 0 radical (unpaired) electrons. The third-order valence-corrected chi connectivity index (χ3v) is 14.0. The summed E-state index contributed by atoms with van der Waals surface area (Å²) >= 11 is 0. The molecular formula is C52H81NO10. The Morgan fingerprint density at radius 3 is 2.17 bits per heavy atom. The van der Waals surface area contributed by atoms with Crippen molar-refractivity contribution in [3.8, 4) is 0 Å². The fourth-order valence-electron chi connectivity index (χ4n) is 10.1. The van der Waals surface area contributed by atoms with Crippen molar-refractivity contribution in [1.82, 2.24) is 4.98 Å². The molecule has 0 amide bonds. The predicted octanol–water partition coefficient (Wildman–Crippen LogP) is 11.7. The summed E-state index contributed by atoms with van der Waals surface area (Å²) in [7, 11) is 1.67. The van der Waals surface area contributed by atoms with Crippen molar-refractivity contribution in [2.75, 3.05) is 7.11 Å². The summed E-state index contributed by atoms with van der Waals surface area (Å²) in [5.41, 5.74) is 2.99. The quantitative estimate of drug-likeness (QED) is 0.0361. The number of fused-ring (bicyclic) bond motifs is 4. The van der Waals surface area contributed by atoms with Crippen LogP contribution in [-0.2, 0) is 42.8 Å². The van der Waals surface area contributed by atoms with E-state index in [-0.39, 0.29) is 54.4 Å². The zero-order chi connectivity index (χ0) is 45.5. The average molecular weight is 880 g/mol. The topological polar surface area (TPSA) is 139 Å². The number of unbranched alkanes of at least 4 members (excludes halogenated alkanes) is 12. The van der Waals surface area contributed by atoms with Crippen LogP contribution in [0.1, 0.15) is 188 Å². The second kappa shape index (κ2) is 24.9. The van der Waals surface area contributed by atoms with Crippen molar-refractivity contribution < 1.29 is 47.2 Å². The Kier molecular flexibility index (Phi) is 20.0. The fourth-order valence-corrected chi connectivity index (χ4v) is 10.1. The number of hydrogen-bond acceptors (Lipinski definition) is 11. The van der Waals surface area contributed by atoms with Crippen LogP contribution in [0.25, 0.3) is 6.08 Å². The first kappa shape index (κ1) is 50.7. The molecule has 11 heteroatoms. The molecule has 1 aromatic heterocycles. The molecule has 4 saturated heterocycles. The number of carbonyl (C=O) groups is 3. The lowest BCUT2D eigenvalue weighted by atomic mass is 9.82. The van der Waals surface area contributed by atoms with Crippen LogP contribution in [0.15, 0.2) is 39.6 Å². The minimum Gasteiger partial charge on any atom is -0.462 e. The summed E-state index contributed by atoms with van der Waals surface area (Å²) < 4.78 is 42.7. The lowest BCUT2D eigenvalue weighted by molar-refractivity contribution is -0.164. The third-order valence-electron chi connectivity index (χ3n) is 14.0. The van der Waals surface area contributed by atoms with Crippen molar-refractivity contribution in [3.63, 3.8) is 0 Å². The highest BCUT2D eigenvalue weighted by molar-refractivity contribution is 5.78. The van der Waals surface area contributed by atoms with Crippen molar-refractivity contribution in [2.24, 2.45) is 17.8 Å². The van der Waals surface area contributed by atoms with Gasteiger partial charge in [-0.05, 0) is 88.9 Å². The molecule has 0 aliphatic carbocycles. The number of hydrogen-bond donors (Lipinski definition) is 0. The van der Waals surface area contributed by atoms with E-state index in [2.05, 4.69) is 31.0 Å². The summed E-state index contributed by atoms with van der Waals surface area (Å²) in [5.74, 6) is -0.409. The number of oxazole rings is 1. The van der Waals surface area contributed by atoms with Gasteiger partial charge in [0.1, 0.15) is 35.9 Å². The molecular weight excluding hydrogens is 799 g/mol. The average Bonchev–Trinajstić information content (AvgIpc) is 4.11. The number of epoxide rings is 2. The largest absolute Gasteiger partial charge is 0.462 e. The number of methoxy groups -OCH3 is 1. The van der Waals surface area contributed by atoms with Crippen molar-refractivity contribution in [1.29, 1.82) is 0 Å². The van der Waals surface area contributed by atoms with Gasteiger partial charge in [0.2, 0.25) is 0 Å². The molecule has 0 saturated carbocycles. The SMILES string of the molecule is CCCCCCCCCCCCCCCC(=O)OC1CC(C(C)C(OC)/C(C)=C/C(C)=C/C(C)=C/c2coc(C)n2)OC(=O)C2OC2CC2CC(=O)OC(C2)C(C)CCC2OC12C. The van der Waals surface area contributed by atoms with Crippen molar-refractivity contribution >= 4 is 24.0 Å². The normalized spacial score (nSPS) is 30.4. The van der Waals surface area contributed by atoms with Crippen LogP contribution >= 0.6 is 0 Å². The number of rotatable bonds is 22. The minimum absolute atomic E-state index is 0.0748. The van der Waals surface area contributed by atoms with E-state index in [1.54, 1.807) is 13.4 Å². The number of nitrogens with zero attached hydrogens (tertiary/aromatic N) is 1. The number of aromatic nitrogens is 1. The Morgan fingerprint density at radius 2 is 1.54 bits per heavy atom. The maximum atomic E-state index is 14.0. The summed E-state index contributed by atoms with van der Waals surface area (Å²) in [6.45, 7) is 16.3. The second-order valence-electron chi connectivity index (χ2n) is 19.7. The molecule has 11 atom stereocenters. The molecule has 4 aliphatic heterocycles. The van der Waals surface area contributed by atoms with Gasteiger partial charge in [-0.15, -0.1) is 0 Å². The number of cyclic esters (lactones) is 1. The van der Waals surface area contributed by atoms with Gasteiger partial charge in [-0.1, -0.05) is 116 Å². The summed E-state index contributed by atoms with van der Waals surface area (Å²) in [6.07, 6.45) is 24.4. The van der Waals surface area contributed by atoms with Crippen LogP contribution < -0.4 is 0 Å². The van der Waals surface area contributed by atoms with Crippen molar-refractivity contribution in [2.45, 2.75) is 232 Å². The Balaban J connectivity index is 1.28. The smallest absolute Gasteiger partial charge is 0.338 e. The van der Waals surface area contributed by atoms with Crippen LogP contribution in [0.3, 0.4) is 0 Å². The Morgan fingerprint density at radius 1 is 0.889 bits per heavy atom. The van der Waals surface area contributed by atoms with E-state index < -0.39 is 36.0 Å². The molecule has 4 fully saturated rings. The minimum atomic E-state index is -0.768. The maximum Gasteiger partial charge on any atom is 0.338 e. The van der Waals surface area contributed by atoms with E-state index in [4.69, 9.17) is 32.8 Å². The van der Waals surface area contributed by atoms with Gasteiger partial charge in [0.05, 0.1) is 18.3 Å². The number of esters is 3. The maximum absolute atomic E-state index is 14.0. The lowest BCUT2D eigenvalue weighted by Crippen LogP contribution is -2.43. The lowest BCUT2D eigenvalue weighted by Gasteiger charge is -2.34. The highest BCUT2D eigenvalue weighted by atomic mass is 16.7. The van der Waals surface area contributed by atoms with E-state index in [0.717, 1.165) is 60.9 Å². The zero-order valence-corrected chi connectivity index (χ0v) is 40.3. The molecule has 354 valence electrons. The molecule has 63 heavy (non-hydrogen) atoms. The molecule has 5 rings (SSSR count). The molecule has 4 aliphatic rings. The predicted molar refractivity (Wildman–Crippen MR) is 245 cm³/mol. The van der Waals surface area contributed by atoms with Crippen LogP contribution in [-0.4, -0.2) is 78.3 Å². The Hall–Kier alpha value is -3.28. The molecule has 5 heterocycles. The van der Waals surface area contributed by atoms with E-state index in [1.807, 2.05) is 47.6 Å². The van der Waals surface area contributed by atoms with Gasteiger partial charge in [-0.25, -0.2) is 9.78 Å². The molecule has 2 bridgehead atoms. The van der Waals surface area contributed by atoms with Crippen molar-refractivity contribution in [3.05, 3.63) is 46.7 Å². The van der Waals surface area contributed by atoms with Gasteiger partial charge in [0.15, 0.2) is 12.0 Å². The van der Waals surface area contributed by atoms with Gasteiger partial charge in [-0.2, -0.15) is 0 Å². The highest BCUT2D eigenvalue weighted by Gasteiger charge is 2.60. The molecule has 1 aromatic rings. The summed E-state index contributed by atoms with van der Waals surface area (Å²) in [5, 5.41) is 0. The first-order valence-corrected chi connectivity index (χ1v) is 24.6.